The Labute approximate surface area is 38.2 Å². The molecule has 2 fully saturated rings. The molecule has 0 aromatic carbocycles. The smallest absolute Gasteiger partial charge is 0.195 e. The highest BCUT2D eigenvalue weighted by Crippen LogP contribution is 2.56. The van der Waals surface area contributed by atoms with Gasteiger partial charge in [0, 0.05) is 6.92 Å². The van der Waals surface area contributed by atoms with E-state index in [-0.39, 0.29) is 0 Å². The molecule has 34 valence electrons. The lowest BCUT2D eigenvalue weighted by Crippen LogP contribution is -2.02. The molecule has 0 aliphatic carbocycles. The van der Waals surface area contributed by atoms with Crippen molar-refractivity contribution in [3.63, 3.8) is 0 Å². The largest absolute Gasteiger partial charge is 0.301 e. The monoisotopic (exact) mass is 84.1 g/mol. The van der Waals surface area contributed by atoms with E-state index in [9.17, 15) is 0 Å². The number of rotatable bonds is 0. The molecule has 2 aliphatic rings. The van der Waals surface area contributed by atoms with Crippen LogP contribution in [0, 0.1) is 0 Å². The van der Waals surface area contributed by atoms with Crippen LogP contribution in [0.1, 0.15) is 6.92 Å². The molecule has 0 amide bonds. The Balaban J connectivity index is 2.34. The molecule has 0 N–H and O–H groups in total. The first-order valence-electron chi connectivity index (χ1n) is 2.51. The van der Waals surface area contributed by atoms with Gasteiger partial charge < -0.3 is 4.48 Å². The molecule has 0 atom stereocenters. The van der Waals surface area contributed by atoms with Gasteiger partial charge in [-0.15, -0.1) is 0 Å². The Morgan fingerprint density at radius 2 is 1.67 bits per heavy atom. The SMILES string of the molecule is CC12C[N+]1(C)C2. The third-order valence-corrected chi connectivity index (χ3v) is 2.48. The van der Waals surface area contributed by atoms with Crippen molar-refractivity contribution in [3.8, 4) is 0 Å². The Morgan fingerprint density at radius 1 is 1.50 bits per heavy atom. The van der Waals surface area contributed by atoms with E-state index in [1.165, 1.54) is 17.6 Å². The zero-order chi connectivity index (χ0) is 4.41. The minimum atomic E-state index is 0.792. The van der Waals surface area contributed by atoms with Gasteiger partial charge in [0.1, 0.15) is 13.1 Å². The average Bonchev–Trinajstić information content (AvgIpc) is 1.78. The van der Waals surface area contributed by atoms with Crippen LogP contribution < -0.4 is 0 Å². The topological polar surface area (TPSA) is 0 Å². The van der Waals surface area contributed by atoms with E-state index in [0.29, 0.717) is 0 Å². The van der Waals surface area contributed by atoms with Crippen molar-refractivity contribution in [3.05, 3.63) is 0 Å². The number of quaternary nitrogens is 1. The highest BCUT2D eigenvalue weighted by Gasteiger charge is 2.82. The lowest BCUT2D eigenvalue weighted by Gasteiger charge is -1.84. The van der Waals surface area contributed by atoms with Crippen LogP contribution in [-0.4, -0.2) is 30.2 Å². The number of likely N-dealkylation sites (N-methyl/N-ethyl adjacent to an activating group) is 1. The van der Waals surface area contributed by atoms with Crippen molar-refractivity contribution in [2.24, 2.45) is 0 Å². The minimum absolute atomic E-state index is 0.792. The fraction of sp³-hybridized carbons (Fsp3) is 1.00. The molecular weight excluding hydrogens is 74.1 g/mol. The Morgan fingerprint density at radius 3 is 1.67 bits per heavy atom. The summed E-state index contributed by atoms with van der Waals surface area (Å²) in [4.78, 5) is 0. The lowest BCUT2D eigenvalue weighted by atomic mass is 10.3. The first-order chi connectivity index (χ1) is 2.66. The van der Waals surface area contributed by atoms with Crippen LogP contribution in [0.3, 0.4) is 0 Å². The highest BCUT2D eigenvalue weighted by molar-refractivity contribution is 5.03. The number of hydrogen-bond donors (Lipinski definition) is 0. The van der Waals surface area contributed by atoms with Crippen molar-refractivity contribution in [2.45, 2.75) is 12.5 Å². The van der Waals surface area contributed by atoms with Gasteiger partial charge in [-0.05, 0) is 0 Å². The van der Waals surface area contributed by atoms with Gasteiger partial charge in [0.05, 0.1) is 7.05 Å². The molecule has 0 unspecified atom stereocenters. The summed E-state index contributed by atoms with van der Waals surface area (Å²) in [6.07, 6.45) is 0. The second kappa shape index (κ2) is 0.399. The molecule has 2 rings (SSSR count). The maximum atomic E-state index is 2.35. The van der Waals surface area contributed by atoms with Gasteiger partial charge in [-0.1, -0.05) is 0 Å². The maximum absolute atomic E-state index is 2.35. The van der Waals surface area contributed by atoms with Crippen molar-refractivity contribution >= 4 is 0 Å². The number of hydrogen-bond acceptors (Lipinski definition) is 0. The fourth-order valence-electron chi connectivity index (χ4n) is 1.39. The summed E-state index contributed by atoms with van der Waals surface area (Å²) >= 11 is 0. The van der Waals surface area contributed by atoms with Crippen molar-refractivity contribution in [2.75, 3.05) is 20.1 Å². The molecule has 0 saturated carbocycles. The molecule has 1 nitrogen and oxygen atoms in total. The van der Waals surface area contributed by atoms with Crippen LogP contribution in [0.2, 0.25) is 0 Å². The van der Waals surface area contributed by atoms with Crippen LogP contribution in [0.25, 0.3) is 0 Å². The third kappa shape index (κ3) is 0.121. The van der Waals surface area contributed by atoms with E-state index in [2.05, 4.69) is 14.0 Å². The standard InChI is InChI=1S/C5H10N/c1-5-3-6(5,2)4-5/h3-4H2,1-2H3/q+1. The van der Waals surface area contributed by atoms with E-state index in [1.807, 2.05) is 0 Å². The molecular formula is C5H10N+. The number of nitrogens with zero attached hydrogens (tertiary/aromatic N) is 1. The zero-order valence-corrected chi connectivity index (χ0v) is 4.36. The van der Waals surface area contributed by atoms with Crippen LogP contribution in [-0.2, 0) is 0 Å². The first kappa shape index (κ1) is 3.03. The van der Waals surface area contributed by atoms with Crippen molar-refractivity contribution in [1.29, 1.82) is 0 Å². The summed E-state index contributed by atoms with van der Waals surface area (Å²) in [5.74, 6) is 0. The summed E-state index contributed by atoms with van der Waals surface area (Å²) in [6.45, 7) is 5.26. The Hall–Kier alpha value is -0.0400. The van der Waals surface area contributed by atoms with Gasteiger partial charge in [-0.2, -0.15) is 0 Å². The quantitative estimate of drug-likeness (QED) is 0.291. The van der Waals surface area contributed by atoms with Crippen LogP contribution in [0.5, 0.6) is 0 Å². The molecule has 2 aliphatic heterocycles. The number of fused-ring (bicyclic) bond motifs is 1. The summed E-state index contributed by atoms with van der Waals surface area (Å²) < 4.78 is 1.38. The third-order valence-electron chi connectivity index (χ3n) is 2.48. The van der Waals surface area contributed by atoms with Gasteiger partial charge in [0.25, 0.3) is 0 Å². The maximum Gasteiger partial charge on any atom is 0.195 e. The van der Waals surface area contributed by atoms with E-state index in [1.54, 1.807) is 0 Å². The first-order valence-corrected chi connectivity index (χ1v) is 2.51. The van der Waals surface area contributed by atoms with E-state index < -0.39 is 0 Å². The lowest BCUT2D eigenvalue weighted by molar-refractivity contribution is -0.682. The van der Waals surface area contributed by atoms with Gasteiger partial charge in [-0.25, -0.2) is 0 Å². The summed E-state index contributed by atoms with van der Waals surface area (Å²) in [5.41, 5.74) is 0.792. The van der Waals surface area contributed by atoms with E-state index in [4.69, 9.17) is 0 Å². The second-order valence-corrected chi connectivity index (χ2v) is 3.21. The van der Waals surface area contributed by atoms with Gasteiger partial charge in [-0.3, -0.25) is 0 Å². The molecule has 0 radical (unpaired) electrons. The van der Waals surface area contributed by atoms with Crippen LogP contribution in [0.4, 0.5) is 0 Å². The van der Waals surface area contributed by atoms with Crippen molar-refractivity contribution in [1.82, 2.24) is 0 Å². The highest BCUT2D eigenvalue weighted by atomic mass is 15.7. The second-order valence-electron chi connectivity index (χ2n) is 3.21. The van der Waals surface area contributed by atoms with Gasteiger partial charge in [0.2, 0.25) is 0 Å². The van der Waals surface area contributed by atoms with E-state index in [0.717, 1.165) is 5.54 Å². The fourth-order valence-corrected chi connectivity index (χ4v) is 1.39. The summed E-state index contributed by atoms with van der Waals surface area (Å²) in [7, 11) is 2.32. The van der Waals surface area contributed by atoms with Crippen LogP contribution in [0.15, 0.2) is 0 Å². The molecule has 0 spiro atoms. The van der Waals surface area contributed by atoms with Gasteiger partial charge >= 0.3 is 0 Å². The normalized spacial score (nSPS) is 73.0. The minimum Gasteiger partial charge on any atom is -0.301 e. The average molecular weight is 84.1 g/mol. The van der Waals surface area contributed by atoms with Crippen molar-refractivity contribution < 1.29 is 4.48 Å². The summed E-state index contributed by atoms with van der Waals surface area (Å²) in [5, 5.41) is 0. The molecule has 0 aromatic heterocycles. The van der Waals surface area contributed by atoms with Crippen LogP contribution >= 0.6 is 0 Å². The van der Waals surface area contributed by atoms with Gasteiger partial charge in [0.15, 0.2) is 5.54 Å². The molecule has 2 heterocycles. The molecule has 1 heteroatoms. The Kier molecular flexibility index (Phi) is 0.201. The van der Waals surface area contributed by atoms with E-state index >= 15 is 0 Å². The molecule has 6 heavy (non-hydrogen) atoms. The molecule has 0 bridgehead atoms. The predicted molar refractivity (Wildman–Crippen MR) is 24.3 cm³/mol. The molecule has 0 aromatic rings. The molecule has 2 saturated heterocycles. The zero-order valence-electron chi connectivity index (χ0n) is 4.36. The summed E-state index contributed by atoms with van der Waals surface area (Å²) in [6, 6.07) is 0. The predicted octanol–water partition coefficient (Wildman–Crippen LogP) is 0.219. The Bertz CT molecular complexity index is 88.5.